The molecule has 1 fully saturated rings. The number of aromatic amines is 1. The molecule has 2 amide bonds. The lowest BCUT2D eigenvalue weighted by molar-refractivity contribution is -0.129. The fraction of sp³-hybridized carbons (Fsp3) is 0.500. The number of nitrogens with one attached hydrogen (secondary N) is 3. The van der Waals surface area contributed by atoms with Crippen LogP contribution < -0.4 is 15.5 Å². The first-order chi connectivity index (χ1) is 18.5. The average molecular weight is 556 g/mol. The minimum absolute atomic E-state index is 0.235. The molecule has 3 N–H and O–H groups in total. The number of carbonyl (C=O) groups excluding carboxylic acids is 2. The SMILES string of the molecule is CN(C)CCC(NC(=O)C1(NC(=O)OC(C)(C)C)CCN(c2ncnc3[nH]ccc23)CC1)c1ccc(Cl)cc1. The molecule has 39 heavy (non-hydrogen) atoms. The summed E-state index contributed by atoms with van der Waals surface area (Å²) in [7, 11) is 3.99. The van der Waals surface area contributed by atoms with Crippen molar-refractivity contribution in [2.24, 2.45) is 0 Å². The topological polar surface area (TPSA) is 115 Å². The molecule has 0 radical (unpaired) electrons. The van der Waals surface area contributed by atoms with Crippen molar-refractivity contribution >= 4 is 40.5 Å². The van der Waals surface area contributed by atoms with E-state index in [1.54, 1.807) is 20.8 Å². The summed E-state index contributed by atoms with van der Waals surface area (Å²) in [6, 6.07) is 9.19. The monoisotopic (exact) mass is 555 g/mol. The molecule has 3 aromatic rings. The van der Waals surface area contributed by atoms with E-state index >= 15 is 0 Å². The number of anilines is 1. The van der Waals surface area contributed by atoms with E-state index in [0.29, 0.717) is 37.4 Å². The van der Waals surface area contributed by atoms with Gasteiger partial charge in [0.15, 0.2) is 0 Å². The molecule has 0 aliphatic carbocycles. The Morgan fingerprint density at radius 3 is 2.49 bits per heavy atom. The van der Waals surface area contributed by atoms with Crippen LogP contribution in [0.5, 0.6) is 0 Å². The van der Waals surface area contributed by atoms with Crippen molar-refractivity contribution in [3.63, 3.8) is 0 Å². The Balaban J connectivity index is 1.58. The van der Waals surface area contributed by atoms with Gasteiger partial charge >= 0.3 is 6.09 Å². The van der Waals surface area contributed by atoms with Crippen LogP contribution in [0.2, 0.25) is 5.02 Å². The van der Waals surface area contributed by atoms with Crippen molar-refractivity contribution < 1.29 is 14.3 Å². The summed E-state index contributed by atoms with van der Waals surface area (Å²) in [5, 5.41) is 7.74. The molecule has 3 heterocycles. The van der Waals surface area contributed by atoms with Crippen LogP contribution in [-0.4, -0.2) is 76.7 Å². The van der Waals surface area contributed by atoms with Gasteiger partial charge < -0.3 is 30.2 Å². The molecule has 1 saturated heterocycles. The number of hydrogen-bond acceptors (Lipinski definition) is 7. The van der Waals surface area contributed by atoms with E-state index in [1.165, 1.54) is 6.33 Å². The summed E-state index contributed by atoms with van der Waals surface area (Å²) in [5.74, 6) is 0.568. The van der Waals surface area contributed by atoms with Gasteiger partial charge in [0, 0.05) is 24.3 Å². The maximum absolute atomic E-state index is 14.1. The van der Waals surface area contributed by atoms with Crippen molar-refractivity contribution in [1.29, 1.82) is 0 Å². The van der Waals surface area contributed by atoms with Crippen LogP contribution in [0.1, 0.15) is 51.6 Å². The molecule has 10 nitrogen and oxygen atoms in total. The van der Waals surface area contributed by atoms with Crippen LogP contribution >= 0.6 is 11.6 Å². The number of aromatic nitrogens is 3. The number of piperidine rings is 1. The number of ether oxygens (including phenoxy) is 1. The Morgan fingerprint density at radius 2 is 1.85 bits per heavy atom. The van der Waals surface area contributed by atoms with E-state index in [0.717, 1.165) is 29.0 Å². The minimum atomic E-state index is -1.15. The largest absolute Gasteiger partial charge is 0.444 e. The highest BCUT2D eigenvalue weighted by Gasteiger charge is 2.45. The van der Waals surface area contributed by atoms with E-state index < -0.39 is 17.2 Å². The van der Waals surface area contributed by atoms with Crippen LogP contribution in [0.25, 0.3) is 11.0 Å². The minimum Gasteiger partial charge on any atom is -0.444 e. The number of hydrogen-bond donors (Lipinski definition) is 3. The average Bonchev–Trinajstić information content (AvgIpc) is 3.35. The van der Waals surface area contributed by atoms with Crippen molar-refractivity contribution in [2.75, 3.05) is 38.6 Å². The molecule has 0 spiro atoms. The molecule has 1 unspecified atom stereocenters. The number of rotatable bonds is 8. The number of benzene rings is 1. The zero-order valence-electron chi connectivity index (χ0n) is 23.3. The molecule has 0 saturated carbocycles. The number of amides is 2. The lowest BCUT2D eigenvalue weighted by Crippen LogP contribution is -2.64. The number of fused-ring (bicyclic) bond motifs is 1. The molecule has 2 aromatic heterocycles. The number of alkyl carbamates (subject to hydrolysis) is 1. The number of nitrogens with zero attached hydrogens (tertiary/aromatic N) is 4. The molecule has 11 heteroatoms. The molecular formula is C28H38ClN7O3. The first-order valence-corrected chi connectivity index (χ1v) is 13.6. The summed E-state index contributed by atoms with van der Waals surface area (Å²) >= 11 is 6.12. The van der Waals surface area contributed by atoms with Gasteiger partial charge in [-0.05, 0) is 84.4 Å². The molecule has 4 rings (SSSR count). The maximum atomic E-state index is 14.1. The van der Waals surface area contributed by atoms with Crippen LogP contribution in [0.15, 0.2) is 42.9 Å². The Bertz CT molecular complexity index is 1280. The zero-order chi connectivity index (χ0) is 28.2. The van der Waals surface area contributed by atoms with Crippen LogP contribution in [0.3, 0.4) is 0 Å². The van der Waals surface area contributed by atoms with Gasteiger partial charge in [0.25, 0.3) is 0 Å². The van der Waals surface area contributed by atoms with Gasteiger partial charge in [0.2, 0.25) is 5.91 Å². The molecule has 1 aliphatic heterocycles. The van der Waals surface area contributed by atoms with Gasteiger partial charge in [-0.15, -0.1) is 0 Å². The fourth-order valence-electron chi connectivity index (χ4n) is 4.82. The van der Waals surface area contributed by atoms with Gasteiger partial charge in [0.05, 0.1) is 11.4 Å². The van der Waals surface area contributed by atoms with Crippen molar-refractivity contribution in [1.82, 2.24) is 30.5 Å². The second-order valence-electron chi connectivity index (χ2n) is 11.3. The van der Waals surface area contributed by atoms with Crippen LogP contribution in [0, 0.1) is 0 Å². The van der Waals surface area contributed by atoms with Gasteiger partial charge in [-0.2, -0.15) is 0 Å². The number of carbonyl (C=O) groups is 2. The third-order valence-corrected chi connectivity index (χ3v) is 7.12. The Labute approximate surface area is 234 Å². The first kappa shape index (κ1) is 28.6. The Hall–Kier alpha value is -3.37. The molecule has 1 aromatic carbocycles. The number of H-pyrrole nitrogens is 1. The van der Waals surface area contributed by atoms with E-state index in [2.05, 4.69) is 35.4 Å². The lowest BCUT2D eigenvalue weighted by Gasteiger charge is -2.42. The molecule has 210 valence electrons. The fourth-order valence-corrected chi connectivity index (χ4v) is 4.95. The summed E-state index contributed by atoms with van der Waals surface area (Å²) in [4.78, 5) is 43.1. The van der Waals surface area contributed by atoms with E-state index in [-0.39, 0.29) is 11.9 Å². The number of halogens is 1. The highest BCUT2D eigenvalue weighted by atomic mass is 35.5. The van der Waals surface area contributed by atoms with Gasteiger partial charge in [-0.25, -0.2) is 14.8 Å². The summed E-state index contributed by atoms with van der Waals surface area (Å²) in [6.45, 7) is 7.22. The lowest BCUT2D eigenvalue weighted by atomic mass is 9.85. The van der Waals surface area contributed by atoms with Gasteiger partial charge in [-0.3, -0.25) is 4.79 Å². The first-order valence-electron chi connectivity index (χ1n) is 13.2. The molecular weight excluding hydrogens is 518 g/mol. The quantitative estimate of drug-likeness (QED) is 0.380. The Morgan fingerprint density at radius 1 is 1.15 bits per heavy atom. The molecule has 1 aliphatic rings. The predicted octanol–water partition coefficient (Wildman–Crippen LogP) is 4.28. The van der Waals surface area contributed by atoms with E-state index in [1.807, 2.05) is 50.6 Å². The Kier molecular flexibility index (Phi) is 8.66. The third kappa shape index (κ3) is 7.19. The van der Waals surface area contributed by atoms with E-state index in [4.69, 9.17) is 16.3 Å². The predicted molar refractivity (Wildman–Crippen MR) is 153 cm³/mol. The second-order valence-corrected chi connectivity index (χ2v) is 11.7. The maximum Gasteiger partial charge on any atom is 0.408 e. The molecule has 1 atom stereocenters. The normalized spacial score (nSPS) is 16.2. The second kappa shape index (κ2) is 11.8. The highest BCUT2D eigenvalue weighted by Crippen LogP contribution is 2.31. The zero-order valence-corrected chi connectivity index (χ0v) is 24.0. The third-order valence-electron chi connectivity index (χ3n) is 6.87. The van der Waals surface area contributed by atoms with E-state index in [9.17, 15) is 9.59 Å². The van der Waals surface area contributed by atoms with Gasteiger partial charge in [0.1, 0.15) is 28.9 Å². The standard InChI is InChI=1S/C28H38ClN7O3/c1-27(2,3)39-26(38)34-28(12-16-36(17-13-28)24-21-10-14-30-23(21)31-18-32-24)25(37)33-22(11-15-35(4)5)19-6-8-20(29)9-7-19/h6-10,14,18,22H,11-13,15-17H2,1-5H3,(H,33,37)(H,34,38)(H,30,31,32). The van der Waals surface area contributed by atoms with Crippen LogP contribution in [-0.2, 0) is 9.53 Å². The molecule has 0 bridgehead atoms. The van der Waals surface area contributed by atoms with Crippen molar-refractivity contribution in [2.45, 2.75) is 57.2 Å². The highest BCUT2D eigenvalue weighted by molar-refractivity contribution is 6.30. The summed E-state index contributed by atoms with van der Waals surface area (Å²) in [6.07, 6.45) is 4.21. The smallest absolute Gasteiger partial charge is 0.408 e. The van der Waals surface area contributed by atoms with Crippen molar-refractivity contribution in [3.05, 3.63) is 53.4 Å². The van der Waals surface area contributed by atoms with Crippen molar-refractivity contribution in [3.8, 4) is 0 Å². The summed E-state index contributed by atoms with van der Waals surface area (Å²) in [5.41, 5.74) is -0.129. The summed E-state index contributed by atoms with van der Waals surface area (Å²) < 4.78 is 5.57. The van der Waals surface area contributed by atoms with Gasteiger partial charge in [-0.1, -0.05) is 23.7 Å². The van der Waals surface area contributed by atoms with Crippen LogP contribution in [0.4, 0.5) is 10.6 Å².